The first-order valence-electron chi connectivity index (χ1n) is 14.1. The zero-order chi connectivity index (χ0) is 28.2. The second-order valence-electron chi connectivity index (χ2n) is 10.8. The maximum absolute atomic E-state index is 13.5. The van der Waals surface area contributed by atoms with Gasteiger partial charge in [0, 0.05) is 44.2 Å². The fourth-order valence-corrected chi connectivity index (χ4v) is 6.01. The van der Waals surface area contributed by atoms with E-state index in [0.717, 1.165) is 44.0 Å². The van der Waals surface area contributed by atoms with E-state index in [2.05, 4.69) is 9.80 Å². The van der Waals surface area contributed by atoms with Crippen molar-refractivity contribution in [3.05, 3.63) is 94.5 Å². The predicted molar refractivity (Wildman–Crippen MR) is 154 cm³/mol. The summed E-state index contributed by atoms with van der Waals surface area (Å²) in [5, 5.41) is 12.0. The molecule has 0 aromatic heterocycles. The van der Waals surface area contributed by atoms with E-state index in [4.69, 9.17) is 21.1 Å². The Hall–Kier alpha value is -2.81. The van der Waals surface area contributed by atoms with Crippen molar-refractivity contribution < 1.29 is 24.2 Å². The monoisotopic (exact) mass is 564 g/mol. The molecule has 8 heteroatoms. The average molecular weight is 565 g/mol. The molecule has 7 nitrogen and oxygen atoms in total. The number of nitrogens with zero attached hydrogens (tertiary/aromatic N) is 2. The number of ketones is 1. The van der Waals surface area contributed by atoms with Crippen LogP contribution < -0.4 is 0 Å². The van der Waals surface area contributed by atoms with Crippen LogP contribution in [-0.4, -0.2) is 77.7 Å². The Labute approximate surface area is 241 Å². The first-order valence-corrected chi connectivity index (χ1v) is 14.4. The summed E-state index contributed by atoms with van der Waals surface area (Å²) in [6.07, 6.45) is 8.50. The first-order chi connectivity index (χ1) is 19.3. The Morgan fingerprint density at radius 3 is 2.33 bits per heavy atom. The third-order valence-electron chi connectivity index (χ3n) is 8.31. The molecule has 0 amide bonds. The number of Topliss-reactive ketones (excluding diaryl/α,β-unsaturated/α-hetero) is 1. The highest BCUT2D eigenvalue weighted by molar-refractivity contribution is 6.30. The van der Waals surface area contributed by atoms with Gasteiger partial charge in [-0.2, -0.15) is 0 Å². The summed E-state index contributed by atoms with van der Waals surface area (Å²) < 4.78 is 11.6. The molecule has 3 aliphatic rings. The van der Waals surface area contributed by atoms with Gasteiger partial charge in [-0.05, 0) is 54.3 Å². The van der Waals surface area contributed by atoms with Gasteiger partial charge < -0.3 is 14.6 Å². The van der Waals surface area contributed by atoms with Crippen LogP contribution in [-0.2, 0) is 26.4 Å². The minimum Gasteiger partial charge on any atom is -0.441 e. The van der Waals surface area contributed by atoms with Crippen LogP contribution in [0.15, 0.2) is 72.8 Å². The second kappa shape index (κ2) is 12.4. The molecule has 2 aromatic rings. The third kappa shape index (κ3) is 6.09. The molecule has 40 heavy (non-hydrogen) atoms. The van der Waals surface area contributed by atoms with Crippen molar-refractivity contribution in [3.63, 3.8) is 0 Å². The molecule has 2 unspecified atom stereocenters. The Balaban J connectivity index is 1.31. The van der Waals surface area contributed by atoms with Gasteiger partial charge in [0.1, 0.15) is 0 Å². The summed E-state index contributed by atoms with van der Waals surface area (Å²) in [4.78, 5) is 31.4. The van der Waals surface area contributed by atoms with Crippen molar-refractivity contribution in [1.82, 2.24) is 9.80 Å². The molecule has 2 aromatic carbocycles. The Bertz CT molecular complexity index is 1250. The summed E-state index contributed by atoms with van der Waals surface area (Å²) in [5.74, 6) is -0.687. The summed E-state index contributed by atoms with van der Waals surface area (Å²) in [5.41, 5.74) is -0.0750. The number of esters is 1. The number of aliphatic hydroxyl groups is 1. The van der Waals surface area contributed by atoms with E-state index in [1.54, 1.807) is 43.3 Å². The molecule has 2 saturated heterocycles. The normalized spacial score (nSPS) is 25.0. The molecule has 5 rings (SSSR count). The number of carbonyl (C=O) groups excluding carboxylic acids is 2. The van der Waals surface area contributed by atoms with Gasteiger partial charge in [-0.25, -0.2) is 4.79 Å². The Kier molecular flexibility index (Phi) is 8.88. The lowest BCUT2D eigenvalue weighted by Gasteiger charge is -2.47. The van der Waals surface area contributed by atoms with E-state index < -0.39 is 23.2 Å². The zero-order valence-electron chi connectivity index (χ0n) is 22.9. The number of likely N-dealkylation sites (tertiary alicyclic amines) is 1. The molecular weight excluding hydrogens is 528 g/mol. The number of halogens is 1. The van der Waals surface area contributed by atoms with Crippen molar-refractivity contribution in [2.45, 2.75) is 50.0 Å². The molecule has 2 heterocycles. The van der Waals surface area contributed by atoms with Crippen molar-refractivity contribution >= 4 is 23.4 Å². The minimum absolute atomic E-state index is 0.158. The van der Waals surface area contributed by atoms with Gasteiger partial charge in [0.05, 0.1) is 30.4 Å². The average Bonchev–Trinajstić information content (AvgIpc) is 2.98. The lowest BCUT2D eigenvalue weighted by atomic mass is 9.79. The number of hydrogen-bond acceptors (Lipinski definition) is 7. The number of benzene rings is 2. The summed E-state index contributed by atoms with van der Waals surface area (Å²) >= 11 is 6.05. The quantitative estimate of drug-likeness (QED) is 0.472. The Morgan fingerprint density at radius 2 is 1.68 bits per heavy atom. The minimum atomic E-state index is -1.44. The van der Waals surface area contributed by atoms with Gasteiger partial charge >= 0.3 is 5.97 Å². The van der Waals surface area contributed by atoms with E-state index in [1.807, 2.05) is 36.4 Å². The molecule has 2 aliphatic heterocycles. The largest absolute Gasteiger partial charge is 0.441 e. The second-order valence-corrected chi connectivity index (χ2v) is 11.2. The van der Waals surface area contributed by atoms with Crippen LogP contribution in [0.25, 0.3) is 0 Å². The maximum atomic E-state index is 13.5. The van der Waals surface area contributed by atoms with Crippen molar-refractivity contribution in [2.75, 3.05) is 39.4 Å². The molecule has 2 atom stereocenters. The third-order valence-corrected chi connectivity index (χ3v) is 8.56. The predicted octanol–water partition coefficient (Wildman–Crippen LogP) is 4.53. The molecule has 2 fully saturated rings. The SMILES string of the molecule is CCC(=O)C1(OC(=O)c2ccc(CN3CCOCC3)cc2)C=CC=CC1N1CCC(O)(c2ccc(Cl)cc2)CC1. The molecule has 1 N–H and O–H groups in total. The van der Waals surface area contributed by atoms with Crippen LogP contribution in [0, 0.1) is 0 Å². The number of ether oxygens (including phenoxy) is 2. The highest BCUT2D eigenvalue weighted by atomic mass is 35.5. The summed E-state index contributed by atoms with van der Waals surface area (Å²) in [7, 11) is 0. The van der Waals surface area contributed by atoms with Crippen LogP contribution in [0.3, 0.4) is 0 Å². The smallest absolute Gasteiger partial charge is 0.339 e. The number of carbonyl (C=O) groups is 2. The van der Waals surface area contributed by atoms with Gasteiger partial charge in [-0.15, -0.1) is 0 Å². The maximum Gasteiger partial charge on any atom is 0.339 e. The number of hydrogen-bond donors (Lipinski definition) is 1. The molecular formula is C32H37ClN2O5. The summed E-state index contributed by atoms with van der Waals surface area (Å²) in [6.45, 7) is 6.90. The number of morpholine rings is 1. The lowest BCUT2D eigenvalue weighted by Crippen LogP contribution is -2.60. The van der Waals surface area contributed by atoms with Gasteiger partial charge in [-0.1, -0.05) is 61.0 Å². The van der Waals surface area contributed by atoms with E-state index >= 15 is 0 Å². The van der Waals surface area contributed by atoms with Gasteiger partial charge in [-0.3, -0.25) is 14.6 Å². The van der Waals surface area contributed by atoms with Crippen molar-refractivity contribution in [3.8, 4) is 0 Å². The number of piperidine rings is 1. The summed E-state index contributed by atoms with van der Waals surface area (Å²) in [6, 6.07) is 14.3. The standard InChI is InChI=1S/C32H37ClN2O5/c1-2-29(36)32(40-30(37)25-8-6-24(7-9-25)23-34-19-21-39-22-20-34)14-4-3-5-28(32)35-17-15-31(38,16-18-35)26-10-12-27(33)13-11-26/h3-14,28,38H,2,15-23H2,1H3. The molecule has 0 spiro atoms. The van der Waals surface area contributed by atoms with Crippen LogP contribution in [0.1, 0.15) is 47.7 Å². The number of allylic oxidation sites excluding steroid dienone is 2. The van der Waals surface area contributed by atoms with Crippen LogP contribution in [0.4, 0.5) is 0 Å². The van der Waals surface area contributed by atoms with Crippen LogP contribution in [0.5, 0.6) is 0 Å². The fourth-order valence-electron chi connectivity index (χ4n) is 5.88. The van der Waals surface area contributed by atoms with E-state index in [1.165, 1.54) is 0 Å². The van der Waals surface area contributed by atoms with Crippen molar-refractivity contribution in [1.29, 1.82) is 0 Å². The fraction of sp³-hybridized carbons (Fsp3) is 0.438. The lowest BCUT2D eigenvalue weighted by molar-refractivity contribution is -0.140. The van der Waals surface area contributed by atoms with Gasteiger partial charge in [0.25, 0.3) is 0 Å². The van der Waals surface area contributed by atoms with E-state index in [-0.39, 0.29) is 12.2 Å². The first kappa shape index (κ1) is 28.7. The molecule has 1 aliphatic carbocycles. The van der Waals surface area contributed by atoms with E-state index in [9.17, 15) is 14.7 Å². The van der Waals surface area contributed by atoms with Gasteiger partial charge in [0.15, 0.2) is 5.78 Å². The van der Waals surface area contributed by atoms with Crippen LogP contribution in [0.2, 0.25) is 5.02 Å². The van der Waals surface area contributed by atoms with E-state index in [0.29, 0.717) is 36.5 Å². The molecule has 212 valence electrons. The molecule has 0 radical (unpaired) electrons. The Morgan fingerprint density at radius 1 is 1.00 bits per heavy atom. The highest BCUT2D eigenvalue weighted by Gasteiger charge is 2.50. The van der Waals surface area contributed by atoms with Crippen molar-refractivity contribution in [2.24, 2.45) is 0 Å². The molecule has 0 saturated carbocycles. The number of rotatable bonds is 8. The highest BCUT2D eigenvalue weighted by Crippen LogP contribution is 2.38. The zero-order valence-corrected chi connectivity index (χ0v) is 23.7. The van der Waals surface area contributed by atoms with Gasteiger partial charge in [0.2, 0.25) is 5.60 Å². The molecule has 0 bridgehead atoms. The topological polar surface area (TPSA) is 79.3 Å². The van der Waals surface area contributed by atoms with Crippen LogP contribution >= 0.6 is 11.6 Å².